The third kappa shape index (κ3) is 1.92. The van der Waals surface area contributed by atoms with Gasteiger partial charge in [0.05, 0.1) is 12.1 Å². The molecule has 0 saturated heterocycles. The van der Waals surface area contributed by atoms with Gasteiger partial charge in [0.15, 0.2) is 5.96 Å². The summed E-state index contributed by atoms with van der Waals surface area (Å²) in [4.78, 5) is 6.84. The molecule has 1 aliphatic carbocycles. The van der Waals surface area contributed by atoms with E-state index in [0.717, 1.165) is 24.8 Å². The van der Waals surface area contributed by atoms with Gasteiger partial charge in [0.25, 0.3) is 0 Å². The van der Waals surface area contributed by atoms with Gasteiger partial charge in [-0.15, -0.1) is 0 Å². The van der Waals surface area contributed by atoms with Crippen molar-refractivity contribution in [2.24, 2.45) is 16.6 Å². The van der Waals surface area contributed by atoms with E-state index in [1.165, 1.54) is 25.7 Å². The highest BCUT2D eigenvalue weighted by atomic mass is 15.4. The lowest BCUT2D eigenvalue weighted by Crippen LogP contribution is -2.54. The zero-order valence-electron chi connectivity index (χ0n) is 10.9. The topological polar surface area (TPSA) is 41.6 Å². The molecule has 1 fully saturated rings. The zero-order valence-corrected chi connectivity index (χ0v) is 10.9. The van der Waals surface area contributed by atoms with Gasteiger partial charge < -0.3 is 10.6 Å². The van der Waals surface area contributed by atoms with Crippen LogP contribution in [0.1, 0.15) is 52.9 Å². The minimum absolute atomic E-state index is 0.185. The highest BCUT2D eigenvalue weighted by molar-refractivity contribution is 5.81. The second-order valence-corrected chi connectivity index (χ2v) is 5.80. The quantitative estimate of drug-likeness (QED) is 0.795. The predicted molar refractivity (Wildman–Crippen MR) is 68.4 cm³/mol. The highest BCUT2D eigenvalue weighted by Crippen LogP contribution is 2.38. The predicted octanol–water partition coefficient (Wildman–Crippen LogP) is 2.36. The molecule has 0 aromatic heterocycles. The van der Waals surface area contributed by atoms with Crippen molar-refractivity contribution in [1.82, 2.24) is 4.90 Å². The number of nitrogens with two attached hydrogens (primary N) is 1. The van der Waals surface area contributed by atoms with Gasteiger partial charge in [-0.2, -0.15) is 0 Å². The molecule has 0 bridgehead atoms. The first kappa shape index (κ1) is 11.7. The van der Waals surface area contributed by atoms with Crippen LogP contribution >= 0.6 is 0 Å². The Labute approximate surface area is 99.1 Å². The SMILES string of the molecule is CCC(C)N1C(N)=NCC1(C)CC1CCC1. The Hall–Kier alpha value is -0.730. The Bertz CT molecular complexity index is 283. The molecule has 1 aliphatic heterocycles. The normalized spacial score (nSPS) is 32.4. The van der Waals surface area contributed by atoms with Crippen molar-refractivity contribution in [3.63, 3.8) is 0 Å². The molecule has 2 N–H and O–H groups in total. The molecule has 0 radical (unpaired) electrons. The van der Waals surface area contributed by atoms with E-state index in [2.05, 4.69) is 30.7 Å². The van der Waals surface area contributed by atoms with Crippen LogP contribution in [-0.2, 0) is 0 Å². The van der Waals surface area contributed by atoms with E-state index in [4.69, 9.17) is 5.73 Å². The molecule has 1 saturated carbocycles. The van der Waals surface area contributed by atoms with E-state index in [0.29, 0.717) is 6.04 Å². The summed E-state index contributed by atoms with van der Waals surface area (Å²) in [6.07, 6.45) is 6.63. The van der Waals surface area contributed by atoms with Gasteiger partial charge >= 0.3 is 0 Å². The molecule has 2 aliphatic rings. The van der Waals surface area contributed by atoms with Crippen molar-refractivity contribution < 1.29 is 0 Å². The minimum Gasteiger partial charge on any atom is -0.370 e. The first-order valence-corrected chi connectivity index (χ1v) is 6.66. The van der Waals surface area contributed by atoms with Crippen molar-refractivity contribution in [2.75, 3.05) is 6.54 Å². The molecule has 92 valence electrons. The van der Waals surface area contributed by atoms with Gasteiger partial charge in [-0.3, -0.25) is 4.99 Å². The van der Waals surface area contributed by atoms with Crippen molar-refractivity contribution in [1.29, 1.82) is 0 Å². The van der Waals surface area contributed by atoms with E-state index in [-0.39, 0.29) is 5.54 Å². The van der Waals surface area contributed by atoms with Crippen LogP contribution in [0.5, 0.6) is 0 Å². The number of rotatable bonds is 4. The van der Waals surface area contributed by atoms with E-state index < -0.39 is 0 Å². The molecule has 3 nitrogen and oxygen atoms in total. The summed E-state index contributed by atoms with van der Waals surface area (Å²) in [7, 11) is 0. The van der Waals surface area contributed by atoms with Crippen LogP contribution in [0.2, 0.25) is 0 Å². The second kappa shape index (κ2) is 4.27. The fourth-order valence-electron chi connectivity index (χ4n) is 3.10. The Morgan fingerprint density at radius 1 is 1.56 bits per heavy atom. The van der Waals surface area contributed by atoms with Crippen molar-refractivity contribution in [3.05, 3.63) is 0 Å². The van der Waals surface area contributed by atoms with E-state index in [1.807, 2.05) is 0 Å². The molecule has 2 rings (SSSR count). The van der Waals surface area contributed by atoms with Crippen LogP contribution in [0.15, 0.2) is 4.99 Å². The lowest BCUT2D eigenvalue weighted by atomic mass is 9.76. The van der Waals surface area contributed by atoms with Crippen LogP contribution < -0.4 is 5.73 Å². The first-order valence-electron chi connectivity index (χ1n) is 6.66. The van der Waals surface area contributed by atoms with Crippen LogP contribution in [0, 0.1) is 5.92 Å². The van der Waals surface area contributed by atoms with E-state index in [1.54, 1.807) is 0 Å². The summed E-state index contributed by atoms with van der Waals surface area (Å²) in [5.41, 5.74) is 6.23. The van der Waals surface area contributed by atoms with Crippen molar-refractivity contribution >= 4 is 5.96 Å². The van der Waals surface area contributed by atoms with Gasteiger partial charge in [-0.25, -0.2) is 0 Å². The summed E-state index contributed by atoms with van der Waals surface area (Å²) < 4.78 is 0. The fourth-order valence-corrected chi connectivity index (χ4v) is 3.10. The fraction of sp³-hybridized carbons (Fsp3) is 0.923. The van der Waals surface area contributed by atoms with E-state index in [9.17, 15) is 0 Å². The lowest BCUT2D eigenvalue weighted by Gasteiger charge is -2.43. The number of hydrogen-bond donors (Lipinski definition) is 1. The molecule has 0 amide bonds. The van der Waals surface area contributed by atoms with Gasteiger partial charge in [0.2, 0.25) is 0 Å². The van der Waals surface area contributed by atoms with Crippen molar-refractivity contribution in [3.8, 4) is 0 Å². The maximum absolute atomic E-state index is 6.04. The maximum atomic E-state index is 6.04. The highest BCUT2D eigenvalue weighted by Gasteiger charge is 2.42. The largest absolute Gasteiger partial charge is 0.370 e. The molecule has 2 atom stereocenters. The van der Waals surface area contributed by atoms with Gasteiger partial charge in [0, 0.05) is 6.04 Å². The average Bonchev–Trinajstić information content (AvgIpc) is 2.49. The monoisotopic (exact) mass is 223 g/mol. The van der Waals surface area contributed by atoms with Crippen LogP contribution in [-0.4, -0.2) is 29.0 Å². The molecule has 0 aromatic carbocycles. The summed E-state index contributed by atoms with van der Waals surface area (Å²) in [6, 6.07) is 0.510. The Kier molecular flexibility index (Phi) is 3.13. The maximum Gasteiger partial charge on any atom is 0.192 e. The molecule has 0 spiro atoms. The number of guanidine groups is 1. The second-order valence-electron chi connectivity index (χ2n) is 5.80. The molecule has 0 aromatic rings. The number of nitrogens with zero attached hydrogens (tertiary/aromatic N) is 2. The molecule has 2 unspecified atom stereocenters. The lowest BCUT2D eigenvalue weighted by molar-refractivity contribution is 0.113. The molecular formula is C13H25N3. The van der Waals surface area contributed by atoms with Gasteiger partial charge in [-0.05, 0) is 32.6 Å². The van der Waals surface area contributed by atoms with Crippen LogP contribution in [0.4, 0.5) is 0 Å². The number of hydrogen-bond acceptors (Lipinski definition) is 3. The van der Waals surface area contributed by atoms with Crippen LogP contribution in [0.25, 0.3) is 0 Å². The summed E-state index contributed by atoms with van der Waals surface area (Å²) >= 11 is 0. The van der Waals surface area contributed by atoms with Gasteiger partial charge in [0.1, 0.15) is 0 Å². The third-order valence-corrected chi connectivity index (χ3v) is 4.39. The van der Waals surface area contributed by atoms with E-state index >= 15 is 0 Å². The smallest absolute Gasteiger partial charge is 0.192 e. The molecule has 16 heavy (non-hydrogen) atoms. The zero-order chi connectivity index (χ0) is 11.8. The molecule has 3 heteroatoms. The van der Waals surface area contributed by atoms with Gasteiger partial charge in [-0.1, -0.05) is 26.2 Å². The third-order valence-electron chi connectivity index (χ3n) is 4.39. The minimum atomic E-state index is 0.185. The molecule has 1 heterocycles. The van der Waals surface area contributed by atoms with Crippen LogP contribution in [0.3, 0.4) is 0 Å². The Balaban J connectivity index is 2.07. The Morgan fingerprint density at radius 3 is 2.75 bits per heavy atom. The average molecular weight is 223 g/mol. The summed E-state index contributed by atoms with van der Waals surface area (Å²) in [6.45, 7) is 7.70. The molecular weight excluding hydrogens is 198 g/mol. The van der Waals surface area contributed by atoms with Crippen molar-refractivity contribution in [2.45, 2.75) is 64.5 Å². The summed E-state index contributed by atoms with van der Waals surface area (Å²) in [5, 5.41) is 0. The standard InChI is InChI=1S/C13H25N3/c1-4-10(2)16-12(14)15-9-13(16,3)8-11-6-5-7-11/h10-11H,4-9H2,1-3H3,(H2,14,15). The summed E-state index contributed by atoms with van der Waals surface area (Å²) in [5.74, 6) is 1.67. The number of aliphatic imine (C=N–C) groups is 1. The Morgan fingerprint density at radius 2 is 2.25 bits per heavy atom. The first-order chi connectivity index (χ1) is 7.57.